The molecule has 4 atom stereocenters. The first-order valence-corrected chi connectivity index (χ1v) is 12.3. The Morgan fingerprint density at radius 2 is 1.94 bits per heavy atom. The zero-order valence-corrected chi connectivity index (χ0v) is 21.5. The van der Waals surface area contributed by atoms with Gasteiger partial charge in [0.15, 0.2) is 23.3 Å². The Kier molecular flexibility index (Phi) is 9.52. The van der Waals surface area contributed by atoms with Gasteiger partial charge in [-0.1, -0.05) is 31.5 Å². The maximum Gasteiger partial charge on any atom is 0.329 e. The predicted molar refractivity (Wildman–Crippen MR) is 133 cm³/mol. The van der Waals surface area contributed by atoms with E-state index in [0.717, 1.165) is 5.56 Å². The maximum atomic E-state index is 13.1. The van der Waals surface area contributed by atoms with Gasteiger partial charge in [-0.3, -0.25) is 4.79 Å². The Morgan fingerprint density at radius 1 is 1.22 bits per heavy atom. The molecule has 3 rings (SSSR count). The number of methoxy groups -OCH3 is 1. The SMILES string of the molecule is COc1ccnc(C(=O)N[C@H]2CCC[C@H](OCC(C)C)[C@@H](Oc3ccc(C)cc3)[C@H](C)OC2=O)c1O. The molecule has 1 saturated heterocycles. The molecule has 0 unspecified atom stereocenters. The lowest BCUT2D eigenvalue weighted by Crippen LogP contribution is -2.47. The fraction of sp³-hybridized carbons (Fsp3) is 0.519. The lowest BCUT2D eigenvalue weighted by atomic mass is 10.0. The second kappa shape index (κ2) is 12.6. The van der Waals surface area contributed by atoms with E-state index in [9.17, 15) is 14.7 Å². The number of nitrogens with zero attached hydrogens (tertiary/aromatic N) is 1. The summed E-state index contributed by atoms with van der Waals surface area (Å²) in [7, 11) is 1.38. The molecule has 2 aromatic rings. The summed E-state index contributed by atoms with van der Waals surface area (Å²) in [5.74, 6) is -0.570. The molecule has 36 heavy (non-hydrogen) atoms. The quantitative estimate of drug-likeness (QED) is 0.526. The van der Waals surface area contributed by atoms with Crippen molar-refractivity contribution in [3.8, 4) is 17.2 Å². The molecule has 1 aliphatic heterocycles. The highest BCUT2D eigenvalue weighted by atomic mass is 16.6. The number of aromatic nitrogens is 1. The van der Waals surface area contributed by atoms with Gasteiger partial charge in [0.2, 0.25) is 0 Å². The summed E-state index contributed by atoms with van der Waals surface area (Å²) in [5.41, 5.74) is 0.882. The zero-order valence-electron chi connectivity index (χ0n) is 21.5. The minimum absolute atomic E-state index is 0.113. The number of carbonyl (C=O) groups is 2. The van der Waals surface area contributed by atoms with Gasteiger partial charge in [0.1, 0.15) is 17.9 Å². The van der Waals surface area contributed by atoms with Crippen molar-refractivity contribution < 1.29 is 33.6 Å². The second-order valence-electron chi connectivity index (χ2n) is 9.47. The average molecular weight is 501 g/mol. The minimum Gasteiger partial charge on any atom is -0.503 e. The Bertz CT molecular complexity index is 1030. The van der Waals surface area contributed by atoms with Crippen LogP contribution in [0.5, 0.6) is 17.2 Å². The molecule has 0 radical (unpaired) electrons. The first-order chi connectivity index (χ1) is 17.2. The molecule has 1 fully saturated rings. The summed E-state index contributed by atoms with van der Waals surface area (Å²) >= 11 is 0. The number of ether oxygens (including phenoxy) is 4. The van der Waals surface area contributed by atoms with Crippen molar-refractivity contribution in [3.63, 3.8) is 0 Å². The third kappa shape index (κ3) is 7.10. The van der Waals surface area contributed by atoms with E-state index < -0.39 is 35.9 Å². The van der Waals surface area contributed by atoms with Crippen molar-refractivity contribution in [1.82, 2.24) is 10.3 Å². The van der Waals surface area contributed by atoms with Crippen LogP contribution in [0.2, 0.25) is 0 Å². The average Bonchev–Trinajstić information content (AvgIpc) is 2.89. The molecule has 0 bridgehead atoms. The number of benzene rings is 1. The summed E-state index contributed by atoms with van der Waals surface area (Å²) in [6.07, 6.45) is 1.39. The van der Waals surface area contributed by atoms with Gasteiger partial charge in [-0.05, 0) is 51.2 Å². The van der Waals surface area contributed by atoms with Gasteiger partial charge in [0.25, 0.3) is 5.91 Å². The van der Waals surface area contributed by atoms with Crippen LogP contribution in [0.25, 0.3) is 0 Å². The fourth-order valence-corrected chi connectivity index (χ4v) is 4.00. The molecule has 9 nitrogen and oxygen atoms in total. The number of cyclic esters (lactones) is 1. The number of pyridine rings is 1. The number of hydrogen-bond donors (Lipinski definition) is 2. The molecular formula is C27H36N2O7. The van der Waals surface area contributed by atoms with Crippen LogP contribution in [0.15, 0.2) is 36.5 Å². The second-order valence-corrected chi connectivity index (χ2v) is 9.47. The Labute approximate surface area is 212 Å². The van der Waals surface area contributed by atoms with E-state index in [1.807, 2.05) is 31.2 Å². The molecule has 0 spiro atoms. The number of nitrogens with one attached hydrogen (secondary N) is 1. The molecule has 0 saturated carbocycles. The van der Waals surface area contributed by atoms with Crippen LogP contribution in [-0.2, 0) is 14.3 Å². The number of aromatic hydroxyl groups is 1. The van der Waals surface area contributed by atoms with Gasteiger partial charge in [0, 0.05) is 18.9 Å². The monoisotopic (exact) mass is 500 g/mol. The van der Waals surface area contributed by atoms with Crippen molar-refractivity contribution in [3.05, 3.63) is 47.8 Å². The Balaban J connectivity index is 1.79. The van der Waals surface area contributed by atoms with E-state index >= 15 is 0 Å². The summed E-state index contributed by atoms with van der Waals surface area (Å²) in [6, 6.07) is 8.20. The van der Waals surface area contributed by atoms with Crippen molar-refractivity contribution in [2.75, 3.05) is 13.7 Å². The van der Waals surface area contributed by atoms with Crippen LogP contribution in [0.3, 0.4) is 0 Å². The topological polar surface area (TPSA) is 116 Å². The molecule has 0 aliphatic carbocycles. The van der Waals surface area contributed by atoms with Crippen LogP contribution in [0.1, 0.15) is 56.1 Å². The maximum absolute atomic E-state index is 13.1. The first kappa shape index (κ1) is 27.3. The first-order valence-electron chi connectivity index (χ1n) is 12.3. The molecular weight excluding hydrogens is 464 g/mol. The van der Waals surface area contributed by atoms with E-state index in [0.29, 0.717) is 37.5 Å². The molecule has 1 aromatic carbocycles. The molecule has 1 aromatic heterocycles. The molecule has 9 heteroatoms. The number of hydrogen-bond acceptors (Lipinski definition) is 8. The number of aryl methyl sites for hydroxylation is 1. The van der Waals surface area contributed by atoms with E-state index in [1.54, 1.807) is 6.92 Å². The van der Waals surface area contributed by atoms with Crippen molar-refractivity contribution >= 4 is 11.9 Å². The van der Waals surface area contributed by atoms with Crippen molar-refractivity contribution in [2.45, 2.75) is 71.3 Å². The number of rotatable bonds is 8. The van der Waals surface area contributed by atoms with Gasteiger partial charge in [-0.2, -0.15) is 0 Å². The number of amides is 1. The van der Waals surface area contributed by atoms with Gasteiger partial charge in [0.05, 0.1) is 13.2 Å². The van der Waals surface area contributed by atoms with Crippen LogP contribution >= 0.6 is 0 Å². The number of esters is 1. The summed E-state index contributed by atoms with van der Waals surface area (Å²) in [6.45, 7) is 8.45. The van der Waals surface area contributed by atoms with Gasteiger partial charge >= 0.3 is 5.97 Å². The largest absolute Gasteiger partial charge is 0.503 e. The molecule has 2 heterocycles. The highest BCUT2D eigenvalue weighted by molar-refractivity contribution is 5.97. The van der Waals surface area contributed by atoms with Gasteiger partial charge < -0.3 is 29.4 Å². The molecule has 196 valence electrons. The fourth-order valence-electron chi connectivity index (χ4n) is 4.00. The minimum atomic E-state index is -0.920. The zero-order chi connectivity index (χ0) is 26.2. The molecule has 2 N–H and O–H groups in total. The number of carbonyl (C=O) groups excluding carboxylic acids is 2. The Hall–Kier alpha value is -3.33. The highest BCUT2D eigenvalue weighted by Gasteiger charge is 2.37. The molecule has 1 amide bonds. The Morgan fingerprint density at radius 3 is 2.61 bits per heavy atom. The van der Waals surface area contributed by atoms with Crippen LogP contribution in [0.4, 0.5) is 0 Å². The van der Waals surface area contributed by atoms with E-state index in [2.05, 4.69) is 24.1 Å². The third-order valence-corrected chi connectivity index (χ3v) is 5.96. The smallest absolute Gasteiger partial charge is 0.329 e. The summed E-state index contributed by atoms with van der Waals surface area (Å²) in [4.78, 5) is 29.9. The lowest BCUT2D eigenvalue weighted by molar-refractivity contribution is -0.159. The van der Waals surface area contributed by atoms with E-state index in [-0.39, 0.29) is 17.5 Å². The summed E-state index contributed by atoms with van der Waals surface area (Å²) in [5, 5.41) is 12.9. The predicted octanol–water partition coefficient (Wildman–Crippen LogP) is 3.81. The van der Waals surface area contributed by atoms with E-state index in [1.165, 1.54) is 19.4 Å². The lowest BCUT2D eigenvalue weighted by Gasteiger charge is -2.32. The van der Waals surface area contributed by atoms with Crippen LogP contribution in [0, 0.1) is 12.8 Å². The van der Waals surface area contributed by atoms with E-state index in [4.69, 9.17) is 18.9 Å². The normalized spacial score (nSPS) is 22.7. The van der Waals surface area contributed by atoms with Crippen LogP contribution in [-0.4, -0.2) is 60.0 Å². The van der Waals surface area contributed by atoms with Crippen molar-refractivity contribution in [1.29, 1.82) is 0 Å². The highest BCUT2D eigenvalue weighted by Crippen LogP contribution is 2.28. The van der Waals surface area contributed by atoms with Crippen molar-refractivity contribution in [2.24, 2.45) is 5.92 Å². The standard InChI is InChI=1S/C27H36N2O7/c1-16(2)15-34-22-8-6-7-20(29-26(31)23-24(30)21(33-5)13-14-28-23)27(32)35-18(4)25(22)36-19-11-9-17(3)10-12-19/h9-14,16,18,20,22,25,30H,6-8,15H2,1-5H3,(H,29,31)/t18-,20-,22-,25-/m0/s1. The molecule has 1 aliphatic rings. The third-order valence-electron chi connectivity index (χ3n) is 5.96. The van der Waals surface area contributed by atoms with Gasteiger partial charge in [-0.15, -0.1) is 0 Å². The van der Waals surface area contributed by atoms with Crippen LogP contribution < -0.4 is 14.8 Å². The van der Waals surface area contributed by atoms with Gasteiger partial charge in [-0.25, -0.2) is 9.78 Å². The summed E-state index contributed by atoms with van der Waals surface area (Å²) < 4.78 is 23.3.